The second kappa shape index (κ2) is 17.1. The number of furan rings is 1. The first-order valence-corrected chi connectivity index (χ1v) is 18.8. The smallest absolute Gasteiger partial charge is 0.216 e. The number of fused-ring (bicyclic) bond motifs is 3. The van der Waals surface area contributed by atoms with Crippen molar-refractivity contribution in [2.45, 2.75) is 67.7 Å². The summed E-state index contributed by atoms with van der Waals surface area (Å²) in [4.78, 5) is 14.0. The normalized spacial score (nSPS) is 11.3. The summed E-state index contributed by atoms with van der Waals surface area (Å²) >= 11 is 0. The Bertz CT molecular complexity index is 2550. The number of aromatic nitrogens is 3. The SMILES string of the molecule is CC(C)(C)Cc1ccnc(-c2[c-]ccc3c2oc2nc(CCc4ccccc4)ccc23)c1.Cc1c[c-]c(-c2cc(-c3ccc(C)cc3C)c(C)cn2)cc1.[Ir]. The summed E-state index contributed by atoms with van der Waals surface area (Å²) in [5, 5.41) is 2.09. The van der Waals surface area contributed by atoms with E-state index in [1.54, 1.807) is 0 Å². The van der Waals surface area contributed by atoms with Crippen molar-refractivity contribution in [2.75, 3.05) is 0 Å². The molecule has 0 N–H and O–H groups in total. The Morgan fingerprint density at radius 1 is 0.655 bits per heavy atom. The zero-order valence-corrected chi connectivity index (χ0v) is 35.1. The summed E-state index contributed by atoms with van der Waals surface area (Å²) < 4.78 is 6.29. The van der Waals surface area contributed by atoms with Crippen LogP contribution in [0.4, 0.5) is 0 Å². The van der Waals surface area contributed by atoms with Crippen molar-refractivity contribution in [3.63, 3.8) is 0 Å². The van der Waals surface area contributed by atoms with Crippen LogP contribution in [0.5, 0.6) is 0 Å². The Hall–Kier alpha value is -5.22. The molecular weight excluding hydrogens is 851 g/mol. The van der Waals surface area contributed by atoms with Crippen LogP contribution in [-0.4, -0.2) is 15.0 Å². The molecule has 0 unspecified atom stereocenters. The van der Waals surface area contributed by atoms with Gasteiger partial charge in [-0.1, -0.05) is 110 Å². The number of hydrogen-bond donors (Lipinski definition) is 0. The van der Waals surface area contributed by atoms with Gasteiger partial charge in [0.05, 0.1) is 5.58 Å². The minimum absolute atomic E-state index is 0. The van der Waals surface area contributed by atoms with Crippen LogP contribution < -0.4 is 0 Å². The monoisotopic (exact) mass is 898 g/mol. The van der Waals surface area contributed by atoms with Gasteiger partial charge in [-0.3, -0.25) is 0 Å². The Morgan fingerprint density at radius 2 is 1.45 bits per heavy atom. The van der Waals surface area contributed by atoms with E-state index >= 15 is 0 Å². The number of aryl methyl sites for hydroxylation is 6. The van der Waals surface area contributed by atoms with Gasteiger partial charge in [-0.15, -0.1) is 53.6 Å². The predicted octanol–water partition coefficient (Wildman–Crippen LogP) is 12.7. The molecular formula is C50H47IrN3O-2. The van der Waals surface area contributed by atoms with Gasteiger partial charge < -0.3 is 14.4 Å². The first-order valence-electron chi connectivity index (χ1n) is 18.8. The third-order valence-corrected chi connectivity index (χ3v) is 9.70. The summed E-state index contributed by atoms with van der Waals surface area (Å²) in [5.74, 6) is 0. The van der Waals surface area contributed by atoms with Gasteiger partial charge in [-0.2, -0.15) is 0 Å². The molecule has 0 aliphatic heterocycles. The Labute approximate surface area is 339 Å². The van der Waals surface area contributed by atoms with E-state index in [4.69, 9.17) is 9.40 Å². The summed E-state index contributed by atoms with van der Waals surface area (Å²) in [7, 11) is 0. The zero-order valence-electron chi connectivity index (χ0n) is 32.8. The summed E-state index contributed by atoms with van der Waals surface area (Å²) in [6, 6.07) is 44.6. The van der Waals surface area contributed by atoms with Crippen molar-refractivity contribution >= 4 is 22.1 Å². The van der Waals surface area contributed by atoms with Crippen molar-refractivity contribution in [3.05, 3.63) is 173 Å². The Balaban J connectivity index is 0.000000196. The maximum atomic E-state index is 6.29. The van der Waals surface area contributed by atoms with E-state index in [0.717, 1.165) is 63.8 Å². The van der Waals surface area contributed by atoms with Gasteiger partial charge in [0, 0.05) is 43.6 Å². The van der Waals surface area contributed by atoms with Gasteiger partial charge in [0.25, 0.3) is 0 Å². The average molecular weight is 898 g/mol. The fourth-order valence-corrected chi connectivity index (χ4v) is 6.98. The van der Waals surface area contributed by atoms with E-state index in [1.807, 2.05) is 30.6 Å². The van der Waals surface area contributed by atoms with Gasteiger partial charge in [0.1, 0.15) is 0 Å². The molecule has 0 bridgehead atoms. The molecule has 0 atom stereocenters. The fraction of sp³-hybridized carbons (Fsp3) is 0.220. The van der Waals surface area contributed by atoms with Crippen LogP contribution in [0.2, 0.25) is 0 Å². The van der Waals surface area contributed by atoms with Gasteiger partial charge >= 0.3 is 0 Å². The summed E-state index contributed by atoms with van der Waals surface area (Å²) in [5.41, 5.74) is 16.6. The molecule has 8 aromatic rings. The van der Waals surface area contributed by atoms with Gasteiger partial charge in [0.2, 0.25) is 5.71 Å². The van der Waals surface area contributed by atoms with Crippen LogP contribution in [0.15, 0.2) is 126 Å². The minimum atomic E-state index is 0. The van der Waals surface area contributed by atoms with E-state index < -0.39 is 0 Å². The Morgan fingerprint density at radius 3 is 2.20 bits per heavy atom. The van der Waals surface area contributed by atoms with E-state index in [9.17, 15) is 0 Å². The van der Waals surface area contributed by atoms with Crippen LogP contribution in [0.25, 0.3) is 55.7 Å². The zero-order chi connectivity index (χ0) is 37.8. The summed E-state index contributed by atoms with van der Waals surface area (Å²) in [6.45, 7) is 15.2. The molecule has 0 spiro atoms. The van der Waals surface area contributed by atoms with Crippen molar-refractivity contribution in [1.82, 2.24) is 15.0 Å². The summed E-state index contributed by atoms with van der Waals surface area (Å²) in [6.07, 6.45) is 6.67. The molecule has 0 saturated heterocycles. The number of nitrogens with zero attached hydrogens (tertiary/aromatic N) is 3. The first kappa shape index (κ1) is 39.5. The molecule has 55 heavy (non-hydrogen) atoms. The first-order chi connectivity index (χ1) is 26.0. The average Bonchev–Trinajstić information content (AvgIpc) is 3.53. The molecule has 0 aliphatic rings. The molecule has 0 amide bonds. The third-order valence-electron chi connectivity index (χ3n) is 9.70. The second-order valence-corrected chi connectivity index (χ2v) is 15.6. The van der Waals surface area contributed by atoms with Gasteiger partial charge in [-0.05, 0) is 103 Å². The standard InChI is InChI=1S/C29H27N2O.C21H20N.Ir/c1-29(2,3)19-21-16-17-30-26(18-21)25-11-7-10-23-24-15-14-22(31-28(24)32-27(23)25)13-12-20-8-5-4-6-9-20;1-14-5-8-18(9-6-14)21-12-20(17(4)13-22-21)19-10-7-15(2)11-16(19)3;/h4-10,14-18H,12-13,19H2,1-3H3;5-8,10-13H,1-4H3;/q2*-1;. The molecule has 0 saturated carbocycles. The van der Waals surface area contributed by atoms with Gasteiger partial charge in [0.15, 0.2) is 0 Å². The number of pyridine rings is 3. The minimum Gasteiger partial charge on any atom is -0.486 e. The number of benzene rings is 4. The second-order valence-electron chi connectivity index (χ2n) is 15.6. The third kappa shape index (κ3) is 9.54. The van der Waals surface area contributed by atoms with Crippen molar-refractivity contribution < 1.29 is 24.5 Å². The van der Waals surface area contributed by atoms with E-state index in [2.05, 4.69) is 162 Å². The molecule has 4 nitrogen and oxygen atoms in total. The molecule has 4 heterocycles. The molecule has 4 aromatic heterocycles. The number of hydrogen-bond acceptors (Lipinski definition) is 4. The number of rotatable bonds is 7. The van der Waals surface area contributed by atoms with Gasteiger partial charge in [-0.25, -0.2) is 4.98 Å². The predicted molar refractivity (Wildman–Crippen MR) is 223 cm³/mol. The topological polar surface area (TPSA) is 51.8 Å². The van der Waals surface area contributed by atoms with Crippen LogP contribution in [0.1, 0.15) is 59.8 Å². The van der Waals surface area contributed by atoms with Crippen LogP contribution in [-0.2, 0) is 39.4 Å². The maximum Gasteiger partial charge on any atom is 0.216 e. The van der Waals surface area contributed by atoms with Crippen LogP contribution in [0.3, 0.4) is 0 Å². The molecule has 0 fully saturated rings. The fourth-order valence-electron chi connectivity index (χ4n) is 6.98. The molecule has 5 heteroatoms. The van der Waals surface area contributed by atoms with E-state index in [0.29, 0.717) is 5.71 Å². The Kier molecular flexibility index (Phi) is 12.2. The molecule has 1 radical (unpaired) electrons. The van der Waals surface area contributed by atoms with Crippen molar-refractivity contribution in [2.24, 2.45) is 5.41 Å². The van der Waals surface area contributed by atoms with Crippen LogP contribution >= 0.6 is 0 Å². The molecule has 8 rings (SSSR count). The van der Waals surface area contributed by atoms with Crippen LogP contribution in [0, 0.1) is 45.2 Å². The largest absolute Gasteiger partial charge is 0.486 e. The molecule has 0 aliphatic carbocycles. The van der Waals surface area contributed by atoms with Crippen molar-refractivity contribution in [1.29, 1.82) is 0 Å². The van der Waals surface area contributed by atoms with E-state index in [-0.39, 0.29) is 25.5 Å². The van der Waals surface area contributed by atoms with Crippen molar-refractivity contribution in [3.8, 4) is 33.6 Å². The maximum absolute atomic E-state index is 6.29. The molecule has 279 valence electrons. The quantitative estimate of drug-likeness (QED) is 0.150. The molecule has 4 aromatic carbocycles. The van der Waals surface area contributed by atoms with E-state index in [1.165, 1.54) is 44.5 Å².